The fraction of sp³-hybridized carbons (Fsp3) is 0.417. The summed E-state index contributed by atoms with van der Waals surface area (Å²) in [7, 11) is -6.40. The van der Waals surface area contributed by atoms with Gasteiger partial charge in [-0.2, -0.15) is 47.9 Å². The van der Waals surface area contributed by atoms with Crippen LogP contribution in [-0.2, 0) is 14.9 Å². The summed E-state index contributed by atoms with van der Waals surface area (Å²) in [6.07, 6.45) is -7.21. The van der Waals surface area contributed by atoms with Crippen LogP contribution in [0.1, 0.15) is 10.4 Å². The van der Waals surface area contributed by atoms with Crippen molar-refractivity contribution in [3.63, 3.8) is 0 Å². The third kappa shape index (κ3) is 3.64. The summed E-state index contributed by atoms with van der Waals surface area (Å²) in [6.45, 7) is 0. The monoisotopic (exact) mass is 434 g/mol. The Morgan fingerprint density at radius 1 is 0.889 bits per heavy atom. The molecule has 154 valence electrons. The zero-order valence-electron chi connectivity index (χ0n) is 12.7. The van der Waals surface area contributed by atoms with Gasteiger partial charge in [-0.25, -0.2) is 4.79 Å². The molecule has 0 heterocycles. The lowest BCUT2D eigenvalue weighted by Crippen LogP contribution is -2.63. The van der Waals surface area contributed by atoms with E-state index in [0.717, 1.165) is 25.3 Å². The van der Waals surface area contributed by atoms with E-state index >= 15 is 0 Å². The van der Waals surface area contributed by atoms with E-state index in [1.54, 1.807) is 0 Å². The van der Waals surface area contributed by atoms with Crippen molar-refractivity contribution in [3.8, 4) is 5.75 Å². The number of para-hydroxylation sites is 1. The first-order valence-electron chi connectivity index (χ1n) is 6.25. The quantitative estimate of drug-likeness (QED) is 0.389. The first kappa shape index (κ1) is 22.9. The standard InChI is InChI=1S/C12H7F9O5S/c1-25-8(22)6-4-2-3-5-7(6)26-27(23,24)12(20,21)10(15,16)9(13,14)11(17,18)19/h2-5H,1H3. The maximum atomic E-state index is 13.5. The predicted molar refractivity (Wildman–Crippen MR) is 68.2 cm³/mol. The first-order valence-corrected chi connectivity index (χ1v) is 7.66. The van der Waals surface area contributed by atoms with E-state index in [-0.39, 0.29) is 0 Å². The zero-order valence-corrected chi connectivity index (χ0v) is 13.5. The SMILES string of the molecule is COC(=O)c1ccccc1OS(=O)(=O)C(F)(F)C(F)(F)C(F)(F)C(F)(F)F. The maximum Gasteiger partial charge on any atom is 0.460 e. The molecule has 0 N–H and O–H groups in total. The van der Waals surface area contributed by atoms with Gasteiger partial charge in [0, 0.05) is 0 Å². The van der Waals surface area contributed by atoms with Gasteiger partial charge in [-0.15, -0.1) is 0 Å². The van der Waals surface area contributed by atoms with Gasteiger partial charge < -0.3 is 8.92 Å². The van der Waals surface area contributed by atoms with Gasteiger partial charge in [0.05, 0.1) is 7.11 Å². The molecule has 15 heteroatoms. The van der Waals surface area contributed by atoms with Gasteiger partial charge in [0.25, 0.3) is 0 Å². The van der Waals surface area contributed by atoms with Crippen molar-refractivity contribution in [2.75, 3.05) is 7.11 Å². The van der Waals surface area contributed by atoms with E-state index in [0.29, 0.717) is 6.07 Å². The number of benzene rings is 1. The van der Waals surface area contributed by atoms with Crippen molar-refractivity contribution in [2.24, 2.45) is 0 Å². The molecule has 0 radical (unpaired) electrons. The smallest absolute Gasteiger partial charge is 0.460 e. The van der Waals surface area contributed by atoms with Crippen molar-refractivity contribution in [1.29, 1.82) is 0 Å². The van der Waals surface area contributed by atoms with Crippen molar-refractivity contribution < 1.29 is 61.6 Å². The Labute approximate surface area is 144 Å². The van der Waals surface area contributed by atoms with Crippen LogP contribution in [0.4, 0.5) is 39.5 Å². The van der Waals surface area contributed by atoms with E-state index in [1.807, 2.05) is 0 Å². The molecule has 0 amide bonds. The number of carbonyl (C=O) groups is 1. The van der Waals surface area contributed by atoms with E-state index in [9.17, 15) is 52.7 Å². The van der Waals surface area contributed by atoms with Gasteiger partial charge in [-0.1, -0.05) is 12.1 Å². The minimum Gasteiger partial charge on any atom is -0.465 e. The van der Waals surface area contributed by atoms with Crippen molar-refractivity contribution >= 4 is 16.1 Å². The Morgan fingerprint density at radius 2 is 1.37 bits per heavy atom. The molecular formula is C12H7F9O5S. The normalized spacial score (nSPS) is 14.0. The number of hydrogen-bond donors (Lipinski definition) is 0. The molecule has 1 aromatic rings. The van der Waals surface area contributed by atoms with Gasteiger partial charge in [-0.3, -0.25) is 0 Å². The van der Waals surface area contributed by atoms with Crippen LogP contribution in [0.5, 0.6) is 5.75 Å². The summed E-state index contributed by atoms with van der Waals surface area (Å²) < 4.78 is 146. The Bertz CT molecular complexity index is 817. The summed E-state index contributed by atoms with van der Waals surface area (Å²) in [5.41, 5.74) is -0.912. The second kappa shape index (κ2) is 6.76. The van der Waals surface area contributed by atoms with Crippen LogP contribution in [0.3, 0.4) is 0 Å². The molecule has 0 aromatic heterocycles. The van der Waals surface area contributed by atoms with Crippen molar-refractivity contribution in [1.82, 2.24) is 0 Å². The average molecular weight is 434 g/mol. The number of hydrogen-bond acceptors (Lipinski definition) is 5. The predicted octanol–water partition coefficient (Wildman–Crippen LogP) is 3.61. The Balaban J connectivity index is 3.46. The Hall–Kier alpha value is -2.19. The Kier molecular flexibility index (Phi) is 5.72. The van der Waals surface area contributed by atoms with Crippen LogP contribution in [0.25, 0.3) is 0 Å². The maximum absolute atomic E-state index is 13.5. The number of alkyl halides is 9. The molecular weight excluding hydrogens is 427 g/mol. The van der Waals surface area contributed by atoms with E-state index in [4.69, 9.17) is 0 Å². The molecule has 0 atom stereocenters. The molecule has 0 spiro atoms. The second-order valence-electron chi connectivity index (χ2n) is 4.69. The number of ether oxygens (including phenoxy) is 1. The molecule has 0 saturated heterocycles. The molecule has 0 aliphatic heterocycles. The zero-order chi connectivity index (χ0) is 21.5. The summed E-state index contributed by atoms with van der Waals surface area (Å²) >= 11 is 0. The molecule has 5 nitrogen and oxygen atoms in total. The van der Waals surface area contributed by atoms with Gasteiger partial charge in [-0.05, 0) is 12.1 Å². The topological polar surface area (TPSA) is 69.7 Å². The molecule has 1 rings (SSSR count). The molecule has 1 aromatic carbocycles. The molecule has 0 aliphatic rings. The fourth-order valence-corrected chi connectivity index (χ4v) is 2.43. The third-order valence-electron chi connectivity index (χ3n) is 2.92. The number of halogens is 9. The summed E-state index contributed by atoms with van der Waals surface area (Å²) in [6, 6.07) is 3.07. The minimum absolute atomic E-state index is 0.472. The van der Waals surface area contributed by atoms with Crippen LogP contribution in [0.2, 0.25) is 0 Å². The second-order valence-corrected chi connectivity index (χ2v) is 6.28. The van der Waals surface area contributed by atoms with Gasteiger partial charge >= 0.3 is 39.4 Å². The lowest BCUT2D eigenvalue weighted by atomic mass is 10.1. The van der Waals surface area contributed by atoms with E-state index < -0.39 is 50.7 Å². The number of carbonyl (C=O) groups excluding carboxylic acids is 1. The Morgan fingerprint density at radius 3 is 1.81 bits per heavy atom. The number of methoxy groups -OCH3 is 1. The van der Waals surface area contributed by atoms with Crippen molar-refractivity contribution in [2.45, 2.75) is 23.3 Å². The lowest BCUT2D eigenvalue weighted by molar-refractivity contribution is -0.382. The van der Waals surface area contributed by atoms with E-state index in [1.165, 1.54) is 0 Å². The van der Waals surface area contributed by atoms with Crippen LogP contribution in [0.15, 0.2) is 24.3 Å². The molecule has 0 bridgehead atoms. The highest BCUT2D eigenvalue weighted by atomic mass is 32.2. The molecule has 0 saturated carbocycles. The third-order valence-corrected chi connectivity index (χ3v) is 4.21. The highest BCUT2D eigenvalue weighted by molar-refractivity contribution is 7.88. The largest absolute Gasteiger partial charge is 0.465 e. The summed E-state index contributed by atoms with van der Waals surface area (Å²) in [5, 5.41) is -7.04. The van der Waals surface area contributed by atoms with Gasteiger partial charge in [0.15, 0.2) is 5.75 Å². The fourth-order valence-electron chi connectivity index (χ4n) is 1.51. The summed E-state index contributed by atoms with van der Waals surface area (Å²) in [4.78, 5) is 11.4. The van der Waals surface area contributed by atoms with Crippen LogP contribution < -0.4 is 4.18 Å². The number of esters is 1. The lowest BCUT2D eigenvalue weighted by Gasteiger charge is -2.32. The van der Waals surface area contributed by atoms with Crippen molar-refractivity contribution in [3.05, 3.63) is 29.8 Å². The van der Waals surface area contributed by atoms with Gasteiger partial charge in [0.1, 0.15) is 5.56 Å². The molecule has 27 heavy (non-hydrogen) atoms. The van der Waals surface area contributed by atoms with Gasteiger partial charge in [0.2, 0.25) is 0 Å². The van der Waals surface area contributed by atoms with Crippen LogP contribution in [0, 0.1) is 0 Å². The molecule has 0 fully saturated rings. The average Bonchev–Trinajstić information content (AvgIpc) is 2.52. The molecule has 0 aliphatic carbocycles. The van der Waals surface area contributed by atoms with E-state index in [2.05, 4.69) is 8.92 Å². The molecule has 0 unspecified atom stereocenters. The van der Waals surface area contributed by atoms with Crippen LogP contribution in [-0.4, -0.2) is 44.8 Å². The first-order chi connectivity index (χ1) is 11.9. The summed E-state index contributed by atoms with van der Waals surface area (Å²) in [5.74, 6) is -17.6. The highest BCUT2D eigenvalue weighted by Crippen LogP contribution is 2.55. The minimum atomic E-state index is -7.45. The van der Waals surface area contributed by atoms with Crippen LogP contribution >= 0.6 is 0 Å². The highest BCUT2D eigenvalue weighted by Gasteiger charge is 2.86. The number of rotatable bonds is 6.